The van der Waals surface area contributed by atoms with Gasteiger partial charge in [-0.15, -0.1) is 0 Å². The fourth-order valence-corrected chi connectivity index (χ4v) is 4.48. The maximum Gasteiger partial charge on any atom is 0.0594 e. The van der Waals surface area contributed by atoms with E-state index in [1.165, 1.54) is 25.7 Å². The molecule has 3 fully saturated rings. The first-order chi connectivity index (χ1) is 8.55. The van der Waals surface area contributed by atoms with Crippen molar-refractivity contribution in [1.82, 2.24) is 9.80 Å². The predicted octanol–water partition coefficient (Wildman–Crippen LogP) is 2.11. The molecule has 0 aromatic carbocycles. The monoisotopic (exact) mass is 252 g/mol. The van der Waals surface area contributed by atoms with E-state index in [0.717, 1.165) is 44.4 Å². The molecule has 2 unspecified atom stereocenters. The summed E-state index contributed by atoms with van der Waals surface area (Å²) >= 11 is 0. The van der Waals surface area contributed by atoms with Gasteiger partial charge < -0.3 is 4.74 Å². The highest BCUT2D eigenvalue weighted by atomic mass is 16.5. The molecule has 2 atom stereocenters. The van der Waals surface area contributed by atoms with Gasteiger partial charge in [-0.3, -0.25) is 9.80 Å². The molecule has 3 nitrogen and oxygen atoms in total. The molecular formula is C15H28N2O. The van der Waals surface area contributed by atoms with Crippen LogP contribution in [0, 0.1) is 0 Å². The number of fused-ring (bicyclic) bond motifs is 2. The molecule has 3 heterocycles. The zero-order chi connectivity index (χ0) is 12.8. The van der Waals surface area contributed by atoms with Crippen LogP contribution in [0.5, 0.6) is 0 Å². The summed E-state index contributed by atoms with van der Waals surface area (Å²) in [6.45, 7) is 11.3. The Hall–Kier alpha value is -0.120. The van der Waals surface area contributed by atoms with Crippen LogP contribution in [0.25, 0.3) is 0 Å². The van der Waals surface area contributed by atoms with Gasteiger partial charge in [0.15, 0.2) is 0 Å². The highest BCUT2D eigenvalue weighted by Gasteiger charge is 2.46. The Balaban J connectivity index is 1.67. The summed E-state index contributed by atoms with van der Waals surface area (Å²) in [7, 11) is 0. The first kappa shape index (κ1) is 12.9. The second-order valence-electron chi connectivity index (χ2n) is 7.24. The zero-order valence-electron chi connectivity index (χ0n) is 12.2. The van der Waals surface area contributed by atoms with E-state index in [1.807, 2.05) is 0 Å². The number of ether oxygens (including phenoxy) is 1. The molecular weight excluding hydrogens is 224 g/mol. The van der Waals surface area contributed by atoms with E-state index >= 15 is 0 Å². The van der Waals surface area contributed by atoms with Crippen molar-refractivity contribution < 1.29 is 4.74 Å². The number of nitrogens with zero attached hydrogens (tertiary/aromatic N) is 2. The second kappa shape index (κ2) is 4.77. The van der Waals surface area contributed by atoms with Crippen molar-refractivity contribution in [1.29, 1.82) is 0 Å². The van der Waals surface area contributed by atoms with Crippen LogP contribution in [-0.2, 0) is 4.74 Å². The van der Waals surface area contributed by atoms with Crippen LogP contribution >= 0.6 is 0 Å². The molecule has 0 aromatic rings. The average molecular weight is 252 g/mol. The van der Waals surface area contributed by atoms with Gasteiger partial charge in [0, 0.05) is 36.8 Å². The van der Waals surface area contributed by atoms with E-state index in [2.05, 4.69) is 30.6 Å². The van der Waals surface area contributed by atoms with Gasteiger partial charge in [-0.1, -0.05) is 0 Å². The maximum atomic E-state index is 5.48. The van der Waals surface area contributed by atoms with E-state index in [-0.39, 0.29) is 0 Å². The normalized spacial score (nSPS) is 39.2. The van der Waals surface area contributed by atoms with E-state index < -0.39 is 0 Å². The van der Waals surface area contributed by atoms with Gasteiger partial charge >= 0.3 is 0 Å². The van der Waals surface area contributed by atoms with Gasteiger partial charge in [0.1, 0.15) is 0 Å². The minimum absolute atomic E-state index is 0.349. The number of piperidine rings is 1. The SMILES string of the molecule is CC(C)(C)N1C2CCC1CC(N1CCOCC1)C2. The summed E-state index contributed by atoms with van der Waals surface area (Å²) in [5, 5.41) is 0. The third-order valence-electron chi connectivity index (χ3n) is 5.04. The van der Waals surface area contributed by atoms with Gasteiger partial charge in [-0.05, 0) is 46.5 Å². The largest absolute Gasteiger partial charge is 0.379 e. The lowest BCUT2D eigenvalue weighted by atomic mass is 9.90. The topological polar surface area (TPSA) is 15.7 Å². The molecule has 3 heteroatoms. The Labute approximate surface area is 111 Å². The Morgan fingerprint density at radius 3 is 1.94 bits per heavy atom. The fourth-order valence-electron chi connectivity index (χ4n) is 4.48. The summed E-state index contributed by atoms with van der Waals surface area (Å²) < 4.78 is 5.48. The van der Waals surface area contributed by atoms with Crippen LogP contribution in [-0.4, -0.2) is 59.8 Å². The molecule has 0 N–H and O–H groups in total. The zero-order valence-corrected chi connectivity index (χ0v) is 12.2. The quantitative estimate of drug-likeness (QED) is 0.711. The highest BCUT2D eigenvalue weighted by molar-refractivity contribution is 5.02. The fraction of sp³-hybridized carbons (Fsp3) is 1.00. The van der Waals surface area contributed by atoms with Crippen molar-refractivity contribution in [2.24, 2.45) is 0 Å². The molecule has 3 aliphatic rings. The lowest BCUT2D eigenvalue weighted by molar-refractivity contribution is -0.0329. The van der Waals surface area contributed by atoms with Crippen molar-refractivity contribution >= 4 is 0 Å². The molecule has 2 bridgehead atoms. The van der Waals surface area contributed by atoms with Gasteiger partial charge in [0.05, 0.1) is 13.2 Å². The van der Waals surface area contributed by atoms with Gasteiger partial charge in [-0.2, -0.15) is 0 Å². The van der Waals surface area contributed by atoms with Crippen LogP contribution in [0.2, 0.25) is 0 Å². The molecule has 0 aliphatic carbocycles. The molecule has 0 radical (unpaired) electrons. The third kappa shape index (κ3) is 2.33. The molecule has 3 aliphatic heterocycles. The van der Waals surface area contributed by atoms with Crippen LogP contribution in [0.1, 0.15) is 46.5 Å². The summed E-state index contributed by atoms with van der Waals surface area (Å²) in [6.07, 6.45) is 5.60. The smallest absolute Gasteiger partial charge is 0.0594 e. The molecule has 0 spiro atoms. The summed E-state index contributed by atoms with van der Waals surface area (Å²) in [4.78, 5) is 5.50. The maximum absolute atomic E-state index is 5.48. The second-order valence-corrected chi connectivity index (χ2v) is 7.24. The van der Waals surface area contributed by atoms with E-state index in [4.69, 9.17) is 4.74 Å². The van der Waals surface area contributed by atoms with E-state index in [0.29, 0.717) is 5.54 Å². The first-order valence-electron chi connectivity index (χ1n) is 7.66. The summed E-state index contributed by atoms with van der Waals surface area (Å²) in [5.41, 5.74) is 0.349. The van der Waals surface area contributed by atoms with Crippen LogP contribution in [0.3, 0.4) is 0 Å². The first-order valence-corrected chi connectivity index (χ1v) is 7.66. The van der Waals surface area contributed by atoms with Gasteiger partial charge in [-0.25, -0.2) is 0 Å². The highest BCUT2D eigenvalue weighted by Crippen LogP contribution is 2.41. The van der Waals surface area contributed by atoms with Gasteiger partial charge in [0.2, 0.25) is 0 Å². The molecule has 18 heavy (non-hydrogen) atoms. The van der Waals surface area contributed by atoms with Crippen molar-refractivity contribution in [2.45, 2.75) is 70.1 Å². The predicted molar refractivity (Wildman–Crippen MR) is 73.8 cm³/mol. The molecule has 0 amide bonds. The minimum atomic E-state index is 0.349. The third-order valence-corrected chi connectivity index (χ3v) is 5.04. The molecule has 0 saturated carbocycles. The molecule has 3 rings (SSSR count). The number of hydrogen-bond acceptors (Lipinski definition) is 3. The number of hydrogen-bond donors (Lipinski definition) is 0. The summed E-state index contributed by atoms with van der Waals surface area (Å²) in [6, 6.07) is 2.48. The van der Waals surface area contributed by atoms with E-state index in [1.54, 1.807) is 0 Å². The Kier molecular flexibility index (Phi) is 3.41. The van der Waals surface area contributed by atoms with Crippen molar-refractivity contribution in [3.05, 3.63) is 0 Å². The molecule has 104 valence electrons. The lowest BCUT2D eigenvalue weighted by Gasteiger charge is -2.49. The van der Waals surface area contributed by atoms with Crippen LogP contribution in [0.4, 0.5) is 0 Å². The molecule has 3 saturated heterocycles. The van der Waals surface area contributed by atoms with Crippen molar-refractivity contribution in [2.75, 3.05) is 26.3 Å². The van der Waals surface area contributed by atoms with Crippen molar-refractivity contribution in [3.63, 3.8) is 0 Å². The Bertz CT molecular complexity index is 279. The Morgan fingerprint density at radius 2 is 1.44 bits per heavy atom. The van der Waals surface area contributed by atoms with Crippen molar-refractivity contribution in [3.8, 4) is 0 Å². The number of rotatable bonds is 1. The minimum Gasteiger partial charge on any atom is -0.379 e. The molecule has 0 aromatic heterocycles. The number of morpholine rings is 1. The standard InChI is InChI=1S/C15H28N2O/c1-15(2,3)17-12-4-5-13(17)11-14(10-12)16-6-8-18-9-7-16/h12-14H,4-11H2,1-3H3. The van der Waals surface area contributed by atoms with Crippen LogP contribution < -0.4 is 0 Å². The van der Waals surface area contributed by atoms with Crippen LogP contribution in [0.15, 0.2) is 0 Å². The van der Waals surface area contributed by atoms with Gasteiger partial charge in [0.25, 0.3) is 0 Å². The summed E-state index contributed by atoms with van der Waals surface area (Å²) in [5.74, 6) is 0. The lowest BCUT2D eigenvalue weighted by Crippen LogP contribution is -2.57. The average Bonchev–Trinajstić information content (AvgIpc) is 2.62. The Morgan fingerprint density at radius 1 is 0.889 bits per heavy atom. The van der Waals surface area contributed by atoms with E-state index in [9.17, 15) is 0 Å².